The van der Waals surface area contributed by atoms with Gasteiger partial charge in [-0.2, -0.15) is 0 Å². The van der Waals surface area contributed by atoms with Gasteiger partial charge in [-0.05, 0) is 35.2 Å². The first kappa shape index (κ1) is 17.7. The van der Waals surface area contributed by atoms with Crippen LogP contribution < -0.4 is 10.1 Å². The van der Waals surface area contributed by atoms with Crippen LogP contribution >= 0.6 is 0 Å². The van der Waals surface area contributed by atoms with Gasteiger partial charge in [0.15, 0.2) is 11.5 Å². The molecule has 0 saturated heterocycles. The molecule has 3 aromatic rings. The van der Waals surface area contributed by atoms with Crippen molar-refractivity contribution >= 4 is 11.6 Å². The van der Waals surface area contributed by atoms with Crippen LogP contribution in [0.2, 0.25) is 0 Å². The summed E-state index contributed by atoms with van der Waals surface area (Å²) in [6, 6.07) is 16.8. The minimum absolute atomic E-state index is 0.0678. The first-order chi connectivity index (χ1) is 12.4. The number of para-hydroxylation sites is 1. The van der Waals surface area contributed by atoms with Gasteiger partial charge in [-0.15, -0.1) is 0 Å². The van der Waals surface area contributed by atoms with Gasteiger partial charge in [0.05, 0.1) is 12.7 Å². The van der Waals surface area contributed by atoms with Crippen molar-refractivity contribution < 1.29 is 14.1 Å². The maximum Gasteiger partial charge on any atom is 0.277 e. The molecule has 0 atom stereocenters. The second kappa shape index (κ2) is 7.04. The number of hydrogen-bond donors (Lipinski definition) is 1. The van der Waals surface area contributed by atoms with Crippen LogP contribution in [0.1, 0.15) is 36.8 Å². The Kier molecular flexibility index (Phi) is 4.80. The number of anilines is 1. The summed E-state index contributed by atoms with van der Waals surface area (Å²) in [4.78, 5) is 12.4. The fourth-order valence-electron chi connectivity index (χ4n) is 2.61. The molecular weight excluding hydrogens is 328 g/mol. The molecule has 0 spiro atoms. The predicted molar refractivity (Wildman–Crippen MR) is 102 cm³/mol. The molecule has 134 valence electrons. The van der Waals surface area contributed by atoms with E-state index in [-0.39, 0.29) is 17.0 Å². The van der Waals surface area contributed by atoms with E-state index >= 15 is 0 Å². The molecule has 0 unspecified atom stereocenters. The van der Waals surface area contributed by atoms with Gasteiger partial charge in [0, 0.05) is 11.8 Å². The van der Waals surface area contributed by atoms with Crippen molar-refractivity contribution in [1.29, 1.82) is 0 Å². The van der Waals surface area contributed by atoms with E-state index in [0.29, 0.717) is 17.2 Å². The van der Waals surface area contributed by atoms with Crippen LogP contribution in [0.5, 0.6) is 5.75 Å². The van der Waals surface area contributed by atoms with E-state index < -0.39 is 0 Å². The summed E-state index contributed by atoms with van der Waals surface area (Å²) < 4.78 is 10.6. The van der Waals surface area contributed by atoms with Crippen molar-refractivity contribution in [3.63, 3.8) is 0 Å². The quantitative estimate of drug-likeness (QED) is 0.727. The Labute approximate surface area is 153 Å². The largest absolute Gasteiger partial charge is 0.496 e. The Bertz CT molecular complexity index is 906. The van der Waals surface area contributed by atoms with Crippen molar-refractivity contribution in [2.45, 2.75) is 26.2 Å². The first-order valence-electron chi connectivity index (χ1n) is 8.40. The number of benzene rings is 2. The summed E-state index contributed by atoms with van der Waals surface area (Å²) in [5, 5.41) is 6.72. The van der Waals surface area contributed by atoms with Crippen LogP contribution in [0.15, 0.2) is 59.1 Å². The number of carbonyl (C=O) groups is 1. The van der Waals surface area contributed by atoms with Crippen molar-refractivity contribution in [3.05, 3.63) is 65.9 Å². The zero-order valence-electron chi connectivity index (χ0n) is 15.4. The van der Waals surface area contributed by atoms with Gasteiger partial charge in [-0.1, -0.05) is 50.2 Å². The van der Waals surface area contributed by atoms with Crippen LogP contribution in [0.4, 0.5) is 5.69 Å². The molecule has 3 rings (SSSR count). The number of carbonyl (C=O) groups excluding carboxylic acids is 1. The molecule has 5 heteroatoms. The van der Waals surface area contributed by atoms with Gasteiger partial charge < -0.3 is 14.6 Å². The molecule has 1 N–H and O–H groups in total. The fraction of sp³-hybridized carbons (Fsp3) is 0.238. The molecule has 0 aliphatic rings. The zero-order chi connectivity index (χ0) is 18.7. The molecular formula is C21H22N2O3. The molecule has 0 bridgehead atoms. The molecule has 26 heavy (non-hydrogen) atoms. The summed E-state index contributed by atoms with van der Waals surface area (Å²) in [6.07, 6.45) is 0. The van der Waals surface area contributed by atoms with Gasteiger partial charge in [0.1, 0.15) is 5.75 Å². The van der Waals surface area contributed by atoms with Gasteiger partial charge in [0.25, 0.3) is 5.91 Å². The Morgan fingerprint density at radius 3 is 2.42 bits per heavy atom. The molecule has 0 fully saturated rings. The zero-order valence-corrected chi connectivity index (χ0v) is 15.4. The highest BCUT2D eigenvalue weighted by atomic mass is 16.5. The number of hydrogen-bond acceptors (Lipinski definition) is 4. The monoisotopic (exact) mass is 350 g/mol. The van der Waals surface area contributed by atoms with E-state index in [1.54, 1.807) is 13.2 Å². The van der Waals surface area contributed by atoms with E-state index in [2.05, 4.69) is 31.2 Å². The third kappa shape index (κ3) is 3.77. The van der Waals surface area contributed by atoms with Crippen molar-refractivity contribution in [3.8, 4) is 17.1 Å². The number of nitrogens with one attached hydrogen (secondary N) is 1. The SMILES string of the molecule is COc1ccccc1-c1cc(C(=O)Nc2ccc(C(C)(C)C)cc2)no1. The highest BCUT2D eigenvalue weighted by molar-refractivity contribution is 6.03. The Balaban J connectivity index is 1.76. The molecule has 1 aromatic heterocycles. The summed E-state index contributed by atoms with van der Waals surface area (Å²) in [5.41, 5.74) is 2.94. The molecule has 1 amide bonds. The highest BCUT2D eigenvalue weighted by Crippen LogP contribution is 2.30. The fourth-order valence-corrected chi connectivity index (χ4v) is 2.61. The Hall–Kier alpha value is -3.08. The number of amides is 1. The van der Waals surface area contributed by atoms with Crippen LogP contribution in [0, 0.1) is 0 Å². The van der Waals surface area contributed by atoms with Crippen LogP contribution in [-0.2, 0) is 5.41 Å². The van der Waals surface area contributed by atoms with E-state index in [1.165, 1.54) is 5.56 Å². The first-order valence-corrected chi connectivity index (χ1v) is 8.40. The Morgan fingerprint density at radius 2 is 1.77 bits per heavy atom. The lowest BCUT2D eigenvalue weighted by molar-refractivity contribution is 0.101. The smallest absolute Gasteiger partial charge is 0.277 e. The average Bonchev–Trinajstić information content (AvgIpc) is 3.11. The number of ether oxygens (including phenoxy) is 1. The van der Waals surface area contributed by atoms with Gasteiger partial charge in [0.2, 0.25) is 0 Å². The van der Waals surface area contributed by atoms with Crippen LogP contribution in [0.25, 0.3) is 11.3 Å². The Morgan fingerprint density at radius 1 is 1.08 bits per heavy atom. The second-order valence-electron chi connectivity index (χ2n) is 7.06. The second-order valence-corrected chi connectivity index (χ2v) is 7.06. The summed E-state index contributed by atoms with van der Waals surface area (Å²) in [5.74, 6) is 0.822. The lowest BCUT2D eigenvalue weighted by Crippen LogP contribution is -2.13. The molecule has 0 aliphatic heterocycles. The maximum atomic E-state index is 12.4. The van der Waals surface area contributed by atoms with Crippen LogP contribution in [0.3, 0.4) is 0 Å². The van der Waals surface area contributed by atoms with Gasteiger partial charge in [-0.25, -0.2) is 0 Å². The number of nitrogens with zero attached hydrogens (tertiary/aromatic N) is 1. The predicted octanol–water partition coefficient (Wildman–Crippen LogP) is 4.90. The van der Waals surface area contributed by atoms with Gasteiger partial charge >= 0.3 is 0 Å². The summed E-state index contributed by atoms with van der Waals surface area (Å²) in [7, 11) is 1.59. The topological polar surface area (TPSA) is 64.4 Å². The van der Waals surface area contributed by atoms with Crippen molar-refractivity contribution in [1.82, 2.24) is 5.16 Å². The molecule has 0 aliphatic carbocycles. The summed E-state index contributed by atoms with van der Waals surface area (Å²) in [6.45, 7) is 6.44. The van der Waals surface area contributed by atoms with Crippen molar-refractivity contribution in [2.75, 3.05) is 12.4 Å². The lowest BCUT2D eigenvalue weighted by atomic mass is 9.87. The maximum absolute atomic E-state index is 12.4. The molecule has 0 saturated carbocycles. The standard InChI is InChI=1S/C21H22N2O3/c1-21(2,3)14-9-11-15(12-10-14)22-20(24)17-13-19(26-23-17)16-7-5-6-8-18(16)25-4/h5-13H,1-4H3,(H,22,24). The summed E-state index contributed by atoms with van der Waals surface area (Å²) >= 11 is 0. The van der Waals surface area contributed by atoms with Gasteiger partial charge in [-0.3, -0.25) is 4.79 Å². The molecule has 5 nitrogen and oxygen atoms in total. The lowest BCUT2D eigenvalue weighted by Gasteiger charge is -2.19. The van der Waals surface area contributed by atoms with E-state index in [4.69, 9.17) is 9.26 Å². The van der Waals surface area contributed by atoms with Crippen molar-refractivity contribution in [2.24, 2.45) is 0 Å². The third-order valence-corrected chi connectivity index (χ3v) is 4.12. The third-order valence-electron chi connectivity index (χ3n) is 4.12. The normalized spacial score (nSPS) is 11.2. The van der Waals surface area contributed by atoms with E-state index in [0.717, 1.165) is 5.56 Å². The van der Waals surface area contributed by atoms with Crippen LogP contribution in [-0.4, -0.2) is 18.2 Å². The molecule has 2 aromatic carbocycles. The van der Waals surface area contributed by atoms with E-state index in [1.807, 2.05) is 48.5 Å². The highest BCUT2D eigenvalue weighted by Gasteiger charge is 2.17. The number of methoxy groups -OCH3 is 1. The molecule has 1 heterocycles. The molecule has 0 radical (unpaired) electrons. The van der Waals surface area contributed by atoms with E-state index in [9.17, 15) is 4.79 Å². The minimum atomic E-state index is -0.321. The minimum Gasteiger partial charge on any atom is -0.496 e. The number of rotatable bonds is 4. The number of aromatic nitrogens is 1. The average molecular weight is 350 g/mol.